The van der Waals surface area contributed by atoms with Crippen molar-refractivity contribution in [1.29, 1.82) is 0 Å². The van der Waals surface area contributed by atoms with Gasteiger partial charge in [-0.2, -0.15) is 10.2 Å². The zero-order chi connectivity index (χ0) is 32.7. The SMILES string of the molecule is Cc1nn2cccnc2c1C(=O)NC(C)c1nc2cccc(C#Cc3cnn(C)c3S(=O)(=O)C(C)N)c2c(=O)n1-c1ccccc1. The molecule has 0 bridgehead atoms. The predicted molar refractivity (Wildman–Crippen MR) is 171 cm³/mol. The summed E-state index contributed by atoms with van der Waals surface area (Å²) in [6, 6.07) is 15.0. The second kappa shape index (κ2) is 11.7. The fourth-order valence-electron chi connectivity index (χ4n) is 5.22. The van der Waals surface area contributed by atoms with Crippen LogP contribution in [0.15, 0.2) is 83.0 Å². The summed E-state index contributed by atoms with van der Waals surface area (Å²) in [5.74, 6) is 5.72. The van der Waals surface area contributed by atoms with Gasteiger partial charge in [0.2, 0.25) is 9.84 Å². The number of hydrogen-bond donors (Lipinski definition) is 2. The molecule has 2 aromatic carbocycles. The van der Waals surface area contributed by atoms with Gasteiger partial charge in [0.05, 0.1) is 40.1 Å². The third-order valence-electron chi connectivity index (χ3n) is 7.45. The van der Waals surface area contributed by atoms with Crippen molar-refractivity contribution in [3.05, 3.63) is 112 Å². The molecule has 0 fully saturated rings. The topological polar surface area (TPSA) is 172 Å². The number of amides is 1. The Morgan fingerprint density at radius 1 is 1.02 bits per heavy atom. The molecule has 1 amide bonds. The van der Waals surface area contributed by atoms with Gasteiger partial charge in [0.25, 0.3) is 11.5 Å². The third kappa shape index (κ3) is 5.21. The number of rotatable bonds is 6. The molecule has 0 aliphatic rings. The lowest BCUT2D eigenvalue weighted by Gasteiger charge is -2.20. The molecule has 2 unspecified atom stereocenters. The molecule has 0 saturated carbocycles. The van der Waals surface area contributed by atoms with Gasteiger partial charge in [-0.15, -0.1) is 0 Å². The van der Waals surface area contributed by atoms with E-state index in [4.69, 9.17) is 10.7 Å². The summed E-state index contributed by atoms with van der Waals surface area (Å²) in [4.78, 5) is 37.0. The molecule has 13 nitrogen and oxygen atoms in total. The highest BCUT2D eigenvalue weighted by atomic mass is 32.2. The Kier molecular flexibility index (Phi) is 7.72. The summed E-state index contributed by atoms with van der Waals surface area (Å²) in [6.45, 7) is 4.84. The number of sulfone groups is 1. The number of aryl methyl sites for hydroxylation is 2. The normalized spacial score (nSPS) is 12.9. The van der Waals surface area contributed by atoms with E-state index in [2.05, 4.69) is 32.3 Å². The quantitative estimate of drug-likeness (QED) is 0.261. The van der Waals surface area contributed by atoms with Crippen LogP contribution in [0, 0.1) is 18.8 Å². The van der Waals surface area contributed by atoms with Gasteiger partial charge in [0.15, 0.2) is 10.7 Å². The maximum Gasteiger partial charge on any atom is 0.267 e. The van der Waals surface area contributed by atoms with Crippen LogP contribution in [-0.4, -0.2) is 53.6 Å². The van der Waals surface area contributed by atoms with Gasteiger partial charge in [-0.25, -0.2) is 22.9 Å². The van der Waals surface area contributed by atoms with Crippen LogP contribution in [0.1, 0.15) is 52.9 Å². The second-order valence-corrected chi connectivity index (χ2v) is 12.9. The second-order valence-electron chi connectivity index (χ2n) is 10.7. The number of nitrogens with zero attached hydrogens (tertiary/aromatic N) is 7. The molecule has 2 atom stereocenters. The Labute approximate surface area is 263 Å². The first-order chi connectivity index (χ1) is 22.0. The van der Waals surface area contributed by atoms with E-state index in [-0.39, 0.29) is 16.0 Å². The number of nitrogens with two attached hydrogens (primary N) is 1. The van der Waals surface area contributed by atoms with Crippen LogP contribution in [0.4, 0.5) is 0 Å². The highest BCUT2D eigenvalue weighted by molar-refractivity contribution is 7.92. The summed E-state index contributed by atoms with van der Waals surface area (Å²) in [7, 11) is -2.40. The Hall–Kier alpha value is -5.65. The molecule has 6 rings (SSSR count). The van der Waals surface area contributed by atoms with E-state index >= 15 is 0 Å². The zero-order valence-electron chi connectivity index (χ0n) is 25.3. The Morgan fingerprint density at radius 2 is 1.76 bits per heavy atom. The molecular weight excluding hydrogens is 606 g/mol. The van der Waals surface area contributed by atoms with E-state index < -0.39 is 32.7 Å². The summed E-state index contributed by atoms with van der Waals surface area (Å²) in [5, 5.41) is 10.4. The molecule has 0 spiro atoms. The van der Waals surface area contributed by atoms with Gasteiger partial charge >= 0.3 is 0 Å². The minimum Gasteiger partial charge on any atom is -0.342 e. The van der Waals surface area contributed by atoms with Gasteiger partial charge < -0.3 is 11.1 Å². The molecule has 0 radical (unpaired) electrons. The van der Waals surface area contributed by atoms with Crippen molar-refractivity contribution >= 4 is 32.3 Å². The fourth-order valence-corrected chi connectivity index (χ4v) is 6.40. The maximum absolute atomic E-state index is 14.3. The zero-order valence-corrected chi connectivity index (χ0v) is 26.1. The molecule has 3 N–H and O–H groups in total. The summed E-state index contributed by atoms with van der Waals surface area (Å²) >= 11 is 0. The van der Waals surface area contributed by atoms with E-state index in [1.807, 2.05) is 6.07 Å². The molecule has 46 heavy (non-hydrogen) atoms. The number of hydrogen-bond acceptors (Lipinski definition) is 9. The average molecular weight is 636 g/mol. The van der Waals surface area contributed by atoms with E-state index in [0.717, 1.165) is 0 Å². The van der Waals surface area contributed by atoms with Gasteiger partial charge in [0.1, 0.15) is 16.8 Å². The molecule has 14 heteroatoms. The van der Waals surface area contributed by atoms with E-state index in [1.54, 1.807) is 74.8 Å². The lowest BCUT2D eigenvalue weighted by atomic mass is 10.1. The Balaban J connectivity index is 1.48. The first kappa shape index (κ1) is 30.4. The first-order valence-corrected chi connectivity index (χ1v) is 15.8. The molecule has 0 aliphatic carbocycles. The lowest BCUT2D eigenvalue weighted by Crippen LogP contribution is -2.33. The van der Waals surface area contributed by atoms with Crippen molar-refractivity contribution in [2.75, 3.05) is 0 Å². The summed E-state index contributed by atoms with van der Waals surface area (Å²) in [5.41, 5.74) is 7.93. The minimum absolute atomic E-state index is 0.112. The van der Waals surface area contributed by atoms with Crippen molar-refractivity contribution in [2.24, 2.45) is 12.8 Å². The van der Waals surface area contributed by atoms with Crippen LogP contribution in [-0.2, 0) is 16.9 Å². The number of nitrogens with one attached hydrogen (secondary N) is 1. The number of para-hydroxylation sites is 1. The standard InChI is InChI=1S/C32H29N9O4S/c1-19-26(29-34-16-9-17-40(29)38-19)30(42)36-20(2)28-37-25-13-8-10-22(27(25)31(43)41(28)24-11-6-5-7-12-24)14-15-23-18-35-39(4)32(23)46(44,45)21(3)33/h5-13,16-18,20-21H,33H2,1-4H3,(H,36,42). The molecule has 0 aliphatic heterocycles. The summed E-state index contributed by atoms with van der Waals surface area (Å²) in [6.07, 6.45) is 4.64. The average Bonchev–Trinajstić information content (AvgIpc) is 3.58. The van der Waals surface area contributed by atoms with Crippen molar-refractivity contribution in [3.8, 4) is 17.5 Å². The van der Waals surface area contributed by atoms with Gasteiger partial charge in [-0.1, -0.05) is 36.1 Å². The van der Waals surface area contributed by atoms with Crippen LogP contribution >= 0.6 is 0 Å². The Morgan fingerprint density at radius 3 is 2.50 bits per heavy atom. The van der Waals surface area contributed by atoms with Crippen LogP contribution in [0.5, 0.6) is 0 Å². The number of carbonyl (C=O) groups excluding carboxylic acids is 1. The predicted octanol–water partition coefficient (Wildman–Crippen LogP) is 2.44. The third-order valence-corrected chi connectivity index (χ3v) is 9.45. The molecule has 0 saturated heterocycles. The van der Waals surface area contributed by atoms with Crippen molar-refractivity contribution < 1.29 is 13.2 Å². The van der Waals surface area contributed by atoms with Crippen molar-refractivity contribution in [1.82, 2.24) is 39.2 Å². The first-order valence-electron chi connectivity index (χ1n) is 14.2. The van der Waals surface area contributed by atoms with E-state index in [9.17, 15) is 18.0 Å². The number of carbonyl (C=O) groups is 1. The van der Waals surface area contributed by atoms with Gasteiger partial charge in [-0.05, 0) is 51.1 Å². The van der Waals surface area contributed by atoms with Crippen LogP contribution < -0.4 is 16.6 Å². The number of aromatic nitrogens is 7. The maximum atomic E-state index is 14.3. The van der Waals surface area contributed by atoms with Crippen LogP contribution in [0.2, 0.25) is 0 Å². The van der Waals surface area contributed by atoms with Crippen molar-refractivity contribution in [2.45, 2.75) is 37.2 Å². The van der Waals surface area contributed by atoms with E-state index in [1.165, 1.54) is 33.9 Å². The molecule has 4 heterocycles. The highest BCUT2D eigenvalue weighted by Gasteiger charge is 2.27. The molecule has 232 valence electrons. The van der Waals surface area contributed by atoms with E-state index in [0.29, 0.717) is 39.5 Å². The van der Waals surface area contributed by atoms with Crippen molar-refractivity contribution in [3.63, 3.8) is 0 Å². The monoisotopic (exact) mass is 635 g/mol. The van der Waals surface area contributed by atoms with Gasteiger partial charge in [-0.3, -0.25) is 18.8 Å². The highest BCUT2D eigenvalue weighted by Crippen LogP contribution is 2.22. The summed E-state index contributed by atoms with van der Waals surface area (Å²) < 4.78 is 30.0. The molecule has 6 aromatic rings. The minimum atomic E-state index is -3.90. The van der Waals surface area contributed by atoms with Gasteiger partial charge in [0, 0.05) is 25.0 Å². The molecular formula is C32H29N9O4S. The number of fused-ring (bicyclic) bond motifs is 2. The fraction of sp³-hybridized carbons (Fsp3) is 0.188. The molecule has 4 aromatic heterocycles. The van der Waals surface area contributed by atoms with Crippen LogP contribution in [0.25, 0.3) is 22.2 Å². The number of benzene rings is 2. The lowest BCUT2D eigenvalue weighted by molar-refractivity contribution is 0.0938. The largest absolute Gasteiger partial charge is 0.342 e. The Bertz CT molecular complexity index is 2380. The van der Waals surface area contributed by atoms with Crippen LogP contribution in [0.3, 0.4) is 0 Å². The smallest absolute Gasteiger partial charge is 0.267 e.